The smallest absolute Gasteiger partial charge is 0.295 e. The molecule has 0 bridgehead atoms. The molecule has 170 valence electrons. The van der Waals surface area contributed by atoms with Crippen LogP contribution in [0.25, 0.3) is 5.76 Å². The van der Waals surface area contributed by atoms with E-state index in [0.29, 0.717) is 35.0 Å². The van der Waals surface area contributed by atoms with Crippen molar-refractivity contribution in [2.75, 3.05) is 27.2 Å². The SMILES string of the molecule is CC(C)Oc1ccccc1C1/C(=C(/O)c2ccc(Cl)c(Cl)c2)C(=O)C(=O)N1CCN(C)C. The number of Topliss-reactive ketones (excluding diaryl/α,β-unsaturated/α-hetero) is 1. The number of likely N-dealkylation sites (tertiary alicyclic amines) is 1. The van der Waals surface area contributed by atoms with Crippen LogP contribution >= 0.6 is 23.2 Å². The second-order valence-corrected chi connectivity index (χ2v) is 8.94. The molecule has 0 aliphatic carbocycles. The Morgan fingerprint density at radius 1 is 1.12 bits per heavy atom. The number of nitrogens with zero attached hydrogens (tertiary/aromatic N) is 2. The Hall–Kier alpha value is -2.54. The number of ether oxygens (including phenoxy) is 1. The molecule has 1 heterocycles. The maximum Gasteiger partial charge on any atom is 0.295 e. The summed E-state index contributed by atoms with van der Waals surface area (Å²) in [4.78, 5) is 29.6. The van der Waals surface area contributed by atoms with Crippen molar-refractivity contribution in [3.8, 4) is 5.75 Å². The predicted octanol–water partition coefficient (Wildman–Crippen LogP) is 4.76. The Morgan fingerprint density at radius 3 is 2.44 bits per heavy atom. The normalized spacial score (nSPS) is 18.1. The fourth-order valence-electron chi connectivity index (χ4n) is 3.61. The molecule has 1 aliphatic rings. The fraction of sp³-hybridized carbons (Fsp3) is 0.333. The highest BCUT2D eigenvalue weighted by atomic mass is 35.5. The lowest BCUT2D eigenvalue weighted by Crippen LogP contribution is -2.35. The predicted molar refractivity (Wildman–Crippen MR) is 126 cm³/mol. The minimum absolute atomic E-state index is 0.00745. The number of rotatable bonds is 7. The number of amides is 1. The van der Waals surface area contributed by atoms with Gasteiger partial charge in [0.2, 0.25) is 0 Å². The molecule has 1 fully saturated rings. The molecule has 1 unspecified atom stereocenters. The maximum atomic E-state index is 13.1. The van der Waals surface area contributed by atoms with E-state index < -0.39 is 17.7 Å². The fourth-order valence-corrected chi connectivity index (χ4v) is 3.91. The Morgan fingerprint density at radius 2 is 1.81 bits per heavy atom. The van der Waals surface area contributed by atoms with Crippen molar-refractivity contribution in [3.05, 3.63) is 69.2 Å². The first-order valence-corrected chi connectivity index (χ1v) is 11.0. The van der Waals surface area contributed by atoms with E-state index in [1.807, 2.05) is 45.0 Å². The quantitative estimate of drug-likeness (QED) is 0.354. The lowest BCUT2D eigenvalue weighted by atomic mass is 9.94. The lowest BCUT2D eigenvalue weighted by Gasteiger charge is -2.28. The Bertz CT molecular complexity index is 1070. The molecule has 1 saturated heterocycles. The van der Waals surface area contributed by atoms with Crippen molar-refractivity contribution < 1.29 is 19.4 Å². The van der Waals surface area contributed by atoms with Gasteiger partial charge < -0.3 is 19.6 Å². The molecule has 1 amide bonds. The van der Waals surface area contributed by atoms with Crippen molar-refractivity contribution in [2.24, 2.45) is 0 Å². The zero-order chi connectivity index (χ0) is 23.6. The molecule has 0 aromatic heterocycles. The second kappa shape index (κ2) is 9.94. The van der Waals surface area contributed by atoms with Gasteiger partial charge in [0.25, 0.3) is 11.7 Å². The van der Waals surface area contributed by atoms with Crippen LogP contribution in [0.15, 0.2) is 48.0 Å². The molecular weight excluding hydrogens is 451 g/mol. The summed E-state index contributed by atoms with van der Waals surface area (Å²) < 4.78 is 5.97. The topological polar surface area (TPSA) is 70.1 Å². The van der Waals surface area contributed by atoms with E-state index in [1.54, 1.807) is 18.2 Å². The van der Waals surface area contributed by atoms with Crippen LogP contribution in [0.4, 0.5) is 0 Å². The molecule has 3 rings (SSSR count). The van der Waals surface area contributed by atoms with Crippen molar-refractivity contribution >= 4 is 40.7 Å². The standard InChI is InChI=1S/C24H26Cl2N2O4/c1-14(2)32-19-8-6-5-7-16(19)21-20(22(29)15-9-10-17(25)18(26)13-15)23(30)24(31)28(21)12-11-27(3)4/h5-10,13-14,21,29H,11-12H2,1-4H3/b22-20-. The summed E-state index contributed by atoms with van der Waals surface area (Å²) >= 11 is 12.1. The van der Waals surface area contributed by atoms with Crippen LogP contribution in [0.1, 0.15) is 31.0 Å². The van der Waals surface area contributed by atoms with Crippen molar-refractivity contribution in [1.82, 2.24) is 9.80 Å². The lowest BCUT2D eigenvalue weighted by molar-refractivity contribution is -0.140. The second-order valence-electron chi connectivity index (χ2n) is 8.13. The van der Waals surface area contributed by atoms with Crippen LogP contribution in [0.2, 0.25) is 10.0 Å². The molecule has 2 aromatic carbocycles. The van der Waals surface area contributed by atoms with Crippen LogP contribution in [0.5, 0.6) is 5.75 Å². The molecule has 0 radical (unpaired) electrons. The highest BCUT2D eigenvalue weighted by Crippen LogP contribution is 2.43. The van der Waals surface area contributed by atoms with Gasteiger partial charge in [-0.25, -0.2) is 0 Å². The maximum absolute atomic E-state index is 13.1. The highest BCUT2D eigenvalue weighted by Gasteiger charge is 2.47. The van der Waals surface area contributed by atoms with Gasteiger partial charge in [-0.1, -0.05) is 41.4 Å². The van der Waals surface area contributed by atoms with E-state index in [0.717, 1.165) is 0 Å². The molecular formula is C24H26Cl2N2O4. The third-order valence-electron chi connectivity index (χ3n) is 5.10. The van der Waals surface area contributed by atoms with Gasteiger partial charge in [0.05, 0.1) is 27.8 Å². The summed E-state index contributed by atoms with van der Waals surface area (Å²) in [7, 11) is 3.77. The molecule has 0 saturated carbocycles. The number of carbonyl (C=O) groups excluding carboxylic acids is 2. The summed E-state index contributed by atoms with van der Waals surface area (Å²) in [6, 6.07) is 11.0. The van der Waals surface area contributed by atoms with Gasteiger partial charge in [0.1, 0.15) is 11.5 Å². The Labute approximate surface area is 198 Å². The molecule has 32 heavy (non-hydrogen) atoms. The molecule has 1 aliphatic heterocycles. The largest absolute Gasteiger partial charge is 0.507 e. The summed E-state index contributed by atoms with van der Waals surface area (Å²) in [6.45, 7) is 4.64. The highest BCUT2D eigenvalue weighted by molar-refractivity contribution is 6.47. The van der Waals surface area contributed by atoms with E-state index in [4.69, 9.17) is 27.9 Å². The first-order valence-electron chi connectivity index (χ1n) is 10.3. The number of aliphatic hydroxyl groups excluding tert-OH is 1. The summed E-state index contributed by atoms with van der Waals surface area (Å²) in [5, 5.41) is 11.7. The Kier molecular flexibility index (Phi) is 7.49. The van der Waals surface area contributed by atoms with Crippen molar-refractivity contribution in [1.29, 1.82) is 0 Å². The number of aliphatic hydroxyl groups is 1. The van der Waals surface area contributed by atoms with Gasteiger partial charge in [0, 0.05) is 24.2 Å². The van der Waals surface area contributed by atoms with Crippen molar-refractivity contribution in [3.63, 3.8) is 0 Å². The molecule has 1 N–H and O–H groups in total. The van der Waals surface area contributed by atoms with Gasteiger partial charge in [-0.05, 0) is 52.2 Å². The van der Waals surface area contributed by atoms with Crippen LogP contribution in [0.3, 0.4) is 0 Å². The summed E-state index contributed by atoms with van der Waals surface area (Å²) in [6.07, 6.45) is -0.115. The van der Waals surface area contributed by atoms with Crippen molar-refractivity contribution in [2.45, 2.75) is 26.0 Å². The molecule has 0 spiro atoms. The van der Waals surface area contributed by atoms with Gasteiger partial charge in [-0.3, -0.25) is 9.59 Å². The minimum Gasteiger partial charge on any atom is -0.507 e. The number of likely N-dealkylation sites (N-methyl/N-ethyl adjacent to an activating group) is 1. The number of carbonyl (C=O) groups is 2. The van der Waals surface area contributed by atoms with Gasteiger partial charge >= 0.3 is 0 Å². The summed E-state index contributed by atoms with van der Waals surface area (Å²) in [5.74, 6) is -1.18. The van der Waals surface area contributed by atoms with E-state index in [1.165, 1.54) is 17.0 Å². The summed E-state index contributed by atoms with van der Waals surface area (Å²) in [5.41, 5.74) is 0.921. The average Bonchev–Trinajstić information content (AvgIpc) is 2.98. The Balaban J connectivity index is 2.21. The van der Waals surface area contributed by atoms with Crippen LogP contribution in [-0.2, 0) is 9.59 Å². The third kappa shape index (κ3) is 4.93. The zero-order valence-corrected chi connectivity index (χ0v) is 19.9. The van der Waals surface area contributed by atoms with E-state index in [2.05, 4.69) is 0 Å². The average molecular weight is 477 g/mol. The number of hydrogen-bond donors (Lipinski definition) is 1. The molecule has 2 aromatic rings. The number of benzene rings is 2. The van der Waals surface area contributed by atoms with E-state index in [-0.39, 0.29) is 22.5 Å². The van der Waals surface area contributed by atoms with E-state index >= 15 is 0 Å². The number of ketones is 1. The number of para-hydroxylation sites is 1. The first-order chi connectivity index (χ1) is 15.1. The van der Waals surface area contributed by atoms with Gasteiger partial charge in [0.15, 0.2) is 0 Å². The first kappa shape index (κ1) is 24.1. The molecule has 8 heteroatoms. The van der Waals surface area contributed by atoms with Gasteiger partial charge in [-0.2, -0.15) is 0 Å². The van der Waals surface area contributed by atoms with Gasteiger partial charge in [-0.15, -0.1) is 0 Å². The minimum atomic E-state index is -0.806. The molecule has 6 nitrogen and oxygen atoms in total. The van der Waals surface area contributed by atoms with Crippen LogP contribution in [0, 0.1) is 0 Å². The van der Waals surface area contributed by atoms with Crippen LogP contribution < -0.4 is 4.74 Å². The van der Waals surface area contributed by atoms with Crippen LogP contribution in [-0.4, -0.2) is 59.9 Å². The molecule has 1 atom stereocenters. The number of hydrogen-bond acceptors (Lipinski definition) is 5. The number of halogens is 2. The third-order valence-corrected chi connectivity index (χ3v) is 5.84. The van der Waals surface area contributed by atoms with E-state index in [9.17, 15) is 14.7 Å². The monoisotopic (exact) mass is 476 g/mol. The zero-order valence-electron chi connectivity index (χ0n) is 18.4.